The number of carbonyl (C=O) groups excluding carboxylic acids is 2. The summed E-state index contributed by atoms with van der Waals surface area (Å²) < 4.78 is 0. The molecule has 2 aromatic rings. The molecular formula is C20H25N3O2. The summed E-state index contributed by atoms with van der Waals surface area (Å²) in [5, 5.41) is 2.83. The van der Waals surface area contributed by atoms with Gasteiger partial charge < -0.3 is 10.2 Å². The van der Waals surface area contributed by atoms with Crippen LogP contribution in [-0.2, 0) is 16.1 Å². The van der Waals surface area contributed by atoms with E-state index in [9.17, 15) is 9.59 Å². The van der Waals surface area contributed by atoms with Crippen molar-refractivity contribution >= 4 is 17.5 Å². The number of aromatic nitrogens is 1. The number of nitrogens with zero attached hydrogens (tertiary/aromatic N) is 2. The maximum atomic E-state index is 12.4. The Bertz CT molecular complexity index is 742. The van der Waals surface area contributed by atoms with E-state index in [4.69, 9.17) is 0 Å². The molecule has 2 amide bonds. The molecule has 5 heteroatoms. The maximum absolute atomic E-state index is 12.4. The minimum atomic E-state index is -0.209. The van der Waals surface area contributed by atoms with Crippen molar-refractivity contribution in [1.82, 2.24) is 10.3 Å². The first-order valence-corrected chi connectivity index (χ1v) is 8.44. The predicted octanol–water partition coefficient (Wildman–Crippen LogP) is 3.18. The molecule has 1 N–H and O–H groups in total. The molecule has 0 radical (unpaired) electrons. The topological polar surface area (TPSA) is 62.3 Å². The molecule has 0 atom stereocenters. The lowest BCUT2D eigenvalue weighted by Gasteiger charge is -2.26. The average molecular weight is 339 g/mol. The SMILES string of the molecule is CC(=O)N(CC(=O)NCc1ccccn1)c1c(C)cccc1C(C)C. The molecule has 25 heavy (non-hydrogen) atoms. The number of para-hydroxylation sites is 1. The molecule has 0 aliphatic heterocycles. The zero-order valence-electron chi connectivity index (χ0n) is 15.2. The Hall–Kier alpha value is -2.69. The van der Waals surface area contributed by atoms with E-state index >= 15 is 0 Å². The third-order valence-corrected chi connectivity index (χ3v) is 4.04. The van der Waals surface area contributed by atoms with Gasteiger partial charge in [0.15, 0.2) is 0 Å². The van der Waals surface area contributed by atoms with Crippen LogP contribution >= 0.6 is 0 Å². The van der Waals surface area contributed by atoms with Crippen molar-refractivity contribution in [3.05, 3.63) is 59.4 Å². The largest absolute Gasteiger partial charge is 0.349 e. The third-order valence-electron chi connectivity index (χ3n) is 4.04. The highest BCUT2D eigenvalue weighted by molar-refractivity contribution is 5.98. The zero-order chi connectivity index (χ0) is 18.4. The Labute approximate surface area is 149 Å². The molecule has 0 aliphatic carbocycles. The normalized spacial score (nSPS) is 10.6. The number of aryl methyl sites for hydroxylation is 1. The third kappa shape index (κ3) is 4.89. The molecule has 0 spiro atoms. The summed E-state index contributed by atoms with van der Waals surface area (Å²) in [6.45, 7) is 7.95. The van der Waals surface area contributed by atoms with E-state index in [2.05, 4.69) is 24.1 Å². The molecule has 0 fully saturated rings. The van der Waals surface area contributed by atoms with Gasteiger partial charge in [-0.1, -0.05) is 38.1 Å². The first-order chi connectivity index (χ1) is 11.9. The van der Waals surface area contributed by atoms with Gasteiger partial charge in [0.25, 0.3) is 0 Å². The van der Waals surface area contributed by atoms with Gasteiger partial charge in [-0.3, -0.25) is 14.6 Å². The van der Waals surface area contributed by atoms with E-state index in [1.807, 2.05) is 43.3 Å². The summed E-state index contributed by atoms with van der Waals surface area (Å²) in [7, 11) is 0. The standard InChI is InChI=1S/C20H25N3O2/c1-14(2)18-10-7-8-15(3)20(18)23(16(4)24)13-19(25)22-12-17-9-5-6-11-21-17/h5-11,14H,12-13H2,1-4H3,(H,22,25). The van der Waals surface area contributed by atoms with Crippen LogP contribution in [0.3, 0.4) is 0 Å². The van der Waals surface area contributed by atoms with Crippen LogP contribution in [-0.4, -0.2) is 23.3 Å². The van der Waals surface area contributed by atoms with Crippen molar-refractivity contribution in [3.63, 3.8) is 0 Å². The summed E-state index contributed by atoms with van der Waals surface area (Å²) in [5.74, 6) is -0.101. The van der Waals surface area contributed by atoms with Crippen LogP contribution in [0.2, 0.25) is 0 Å². The van der Waals surface area contributed by atoms with Crippen LogP contribution in [0.4, 0.5) is 5.69 Å². The van der Waals surface area contributed by atoms with Gasteiger partial charge in [-0.2, -0.15) is 0 Å². The second-order valence-electron chi connectivity index (χ2n) is 6.37. The first kappa shape index (κ1) is 18.6. The number of hydrogen-bond donors (Lipinski definition) is 1. The van der Waals surface area contributed by atoms with E-state index in [0.29, 0.717) is 6.54 Å². The van der Waals surface area contributed by atoms with Gasteiger partial charge in [-0.15, -0.1) is 0 Å². The number of pyridine rings is 1. The van der Waals surface area contributed by atoms with Crippen LogP contribution in [0.1, 0.15) is 43.5 Å². The summed E-state index contributed by atoms with van der Waals surface area (Å²) in [6, 6.07) is 11.5. The molecule has 132 valence electrons. The highest BCUT2D eigenvalue weighted by atomic mass is 16.2. The molecular weight excluding hydrogens is 314 g/mol. The average Bonchev–Trinajstić information content (AvgIpc) is 2.58. The predicted molar refractivity (Wildman–Crippen MR) is 99.4 cm³/mol. The van der Waals surface area contributed by atoms with Crippen molar-refractivity contribution in [2.45, 2.75) is 40.2 Å². The van der Waals surface area contributed by atoms with Gasteiger partial charge in [-0.05, 0) is 36.1 Å². The molecule has 1 aromatic heterocycles. The van der Waals surface area contributed by atoms with Crippen LogP contribution in [0.15, 0.2) is 42.6 Å². The van der Waals surface area contributed by atoms with Crippen molar-refractivity contribution < 1.29 is 9.59 Å². The Morgan fingerprint density at radius 3 is 2.52 bits per heavy atom. The fraction of sp³-hybridized carbons (Fsp3) is 0.350. The highest BCUT2D eigenvalue weighted by Crippen LogP contribution is 2.30. The maximum Gasteiger partial charge on any atom is 0.240 e. The Morgan fingerprint density at radius 2 is 1.92 bits per heavy atom. The van der Waals surface area contributed by atoms with Gasteiger partial charge in [0, 0.05) is 13.1 Å². The number of benzene rings is 1. The van der Waals surface area contributed by atoms with E-state index in [-0.39, 0.29) is 24.3 Å². The molecule has 0 aliphatic rings. The van der Waals surface area contributed by atoms with E-state index in [0.717, 1.165) is 22.5 Å². The van der Waals surface area contributed by atoms with Crippen LogP contribution in [0.25, 0.3) is 0 Å². The minimum Gasteiger partial charge on any atom is -0.349 e. The number of hydrogen-bond acceptors (Lipinski definition) is 3. The molecule has 1 aromatic carbocycles. The minimum absolute atomic E-state index is 0.00720. The molecule has 0 saturated carbocycles. The van der Waals surface area contributed by atoms with Gasteiger partial charge in [0.1, 0.15) is 6.54 Å². The molecule has 5 nitrogen and oxygen atoms in total. The number of nitrogens with one attached hydrogen (secondary N) is 1. The van der Waals surface area contributed by atoms with E-state index in [1.165, 1.54) is 6.92 Å². The highest BCUT2D eigenvalue weighted by Gasteiger charge is 2.21. The Morgan fingerprint density at radius 1 is 1.16 bits per heavy atom. The summed E-state index contributed by atoms with van der Waals surface area (Å²) >= 11 is 0. The van der Waals surface area contributed by atoms with Crippen LogP contribution in [0.5, 0.6) is 0 Å². The van der Waals surface area contributed by atoms with E-state index < -0.39 is 0 Å². The van der Waals surface area contributed by atoms with Gasteiger partial charge in [-0.25, -0.2) is 0 Å². The smallest absolute Gasteiger partial charge is 0.240 e. The number of rotatable bonds is 6. The Kier molecular flexibility index (Phi) is 6.28. The molecule has 1 heterocycles. The number of carbonyl (C=O) groups is 2. The molecule has 0 saturated heterocycles. The number of anilines is 1. The lowest BCUT2D eigenvalue weighted by atomic mass is 9.97. The second-order valence-corrected chi connectivity index (χ2v) is 6.37. The summed E-state index contributed by atoms with van der Waals surface area (Å²) in [4.78, 5) is 30.3. The van der Waals surface area contributed by atoms with Gasteiger partial charge >= 0.3 is 0 Å². The second kappa shape index (κ2) is 8.42. The van der Waals surface area contributed by atoms with Crippen molar-refractivity contribution in [3.8, 4) is 0 Å². The molecule has 2 rings (SSSR count). The van der Waals surface area contributed by atoms with Gasteiger partial charge in [0.05, 0.1) is 17.9 Å². The fourth-order valence-corrected chi connectivity index (χ4v) is 2.76. The summed E-state index contributed by atoms with van der Waals surface area (Å²) in [5.41, 5.74) is 3.66. The Balaban J connectivity index is 2.17. The molecule has 0 unspecified atom stereocenters. The monoisotopic (exact) mass is 339 g/mol. The lowest BCUT2D eigenvalue weighted by Crippen LogP contribution is -2.40. The quantitative estimate of drug-likeness (QED) is 0.879. The van der Waals surface area contributed by atoms with Crippen LogP contribution in [0, 0.1) is 6.92 Å². The number of amides is 2. The van der Waals surface area contributed by atoms with Crippen molar-refractivity contribution in [1.29, 1.82) is 0 Å². The molecule has 0 bridgehead atoms. The lowest BCUT2D eigenvalue weighted by molar-refractivity contribution is -0.123. The summed E-state index contributed by atoms with van der Waals surface area (Å²) in [6.07, 6.45) is 1.69. The van der Waals surface area contributed by atoms with Crippen molar-refractivity contribution in [2.24, 2.45) is 0 Å². The van der Waals surface area contributed by atoms with Crippen LogP contribution < -0.4 is 10.2 Å². The van der Waals surface area contributed by atoms with Crippen molar-refractivity contribution in [2.75, 3.05) is 11.4 Å². The van der Waals surface area contributed by atoms with E-state index in [1.54, 1.807) is 11.1 Å². The first-order valence-electron chi connectivity index (χ1n) is 8.44. The van der Waals surface area contributed by atoms with Gasteiger partial charge in [0.2, 0.25) is 11.8 Å². The zero-order valence-corrected chi connectivity index (χ0v) is 15.2. The fourth-order valence-electron chi connectivity index (χ4n) is 2.76.